The number of rotatable bonds is 18. The first-order chi connectivity index (χ1) is 35.3. The molecule has 9 aromatic carbocycles. The molecule has 0 aliphatic heterocycles. The van der Waals surface area contributed by atoms with Crippen molar-refractivity contribution in [2.24, 2.45) is 0 Å². The highest BCUT2D eigenvalue weighted by atomic mass is 15.2. The molecule has 0 aromatic heterocycles. The SMILES string of the molecule is CCCCc1ccc(N(c2ccc(CCCC)cc2)c2ccc(N(c3ccc(CCCC)cc3)c3ccc(-c4ccc(C5(c6ccc(C)cc6)c6cc(C)ccc6-c6ccc(C)cc65)cc4)cc3)cc2)cc1. The van der Waals surface area contributed by atoms with E-state index in [1.807, 2.05) is 0 Å². The van der Waals surface area contributed by atoms with Crippen LogP contribution >= 0.6 is 0 Å². The lowest BCUT2D eigenvalue weighted by atomic mass is 9.67. The summed E-state index contributed by atoms with van der Waals surface area (Å²) in [6.45, 7) is 13.4. The van der Waals surface area contributed by atoms with Crippen LogP contribution < -0.4 is 9.80 Å². The number of anilines is 6. The van der Waals surface area contributed by atoms with E-state index < -0.39 is 5.41 Å². The van der Waals surface area contributed by atoms with Crippen molar-refractivity contribution in [1.82, 2.24) is 0 Å². The number of nitrogens with zero attached hydrogens (tertiary/aromatic N) is 2. The number of hydrogen-bond donors (Lipinski definition) is 0. The van der Waals surface area contributed by atoms with Crippen molar-refractivity contribution in [3.63, 3.8) is 0 Å². The van der Waals surface area contributed by atoms with Crippen molar-refractivity contribution in [1.29, 1.82) is 0 Å². The molecule has 9 aromatic rings. The predicted octanol–water partition coefficient (Wildman–Crippen LogP) is 19.6. The Morgan fingerprint density at radius 2 is 0.583 bits per heavy atom. The second-order valence-corrected chi connectivity index (χ2v) is 20.3. The Labute approximate surface area is 430 Å². The van der Waals surface area contributed by atoms with Gasteiger partial charge < -0.3 is 9.80 Å². The van der Waals surface area contributed by atoms with Crippen molar-refractivity contribution in [2.75, 3.05) is 9.80 Å². The van der Waals surface area contributed by atoms with Gasteiger partial charge in [-0.3, -0.25) is 0 Å². The largest absolute Gasteiger partial charge is 0.311 e. The molecule has 0 atom stereocenters. The number of fused-ring (bicyclic) bond motifs is 3. The van der Waals surface area contributed by atoms with Crippen molar-refractivity contribution < 1.29 is 0 Å². The molecular weight excluding hydrogens is 869 g/mol. The van der Waals surface area contributed by atoms with E-state index in [1.165, 1.54) is 128 Å². The molecule has 360 valence electrons. The standard InChI is InChI=1S/C70H70N2/c1-7-10-13-53-20-34-60(35-21-53)71(61-36-22-54(23-37-61)14-11-8-2)64-42-44-65(45-43-64)72(62-38-24-55(25-39-62)15-12-9-3)63-40-28-57(29-41-63)56-26-32-59(33-27-56)70(58-30-16-50(4)17-31-58)68-48-51(5)18-46-66(68)67-47-19-52(6)49-69(67)70/h16-49H,7-15H2,1-6H3. The van der Waals surface area contributed by atoms with Gasteiger partial charge in [0.05, 0.1) is 5.41 Å². The summed E-state index contributed by atoms with van der Waals surface area (Å²) >= 11 is 0. The second kappa shape index (κ2) is 21.5. The van der Waals surface area contributed by atoms with E-state index in [9.17, 15) is 0 Å². The fourth-order valence-corrected chi connectivity index (χ4v) is 11.1. The lowest BCUT2D eigenvalue weighted by Gasteiger charge is -2.34. The topological polar surface area (TPSA) is 6.48 Å². The van der Waals surface area contributed by atoms with Crippen molar-refractivity contribution in [3.8, 4) is 22.3 Å². The number of unbranched alkanes of at least 4 members (excludes halogenated alkanes) is 3. The van der Waals surface area contributed by atoms with Crippen LogP contribution in [0.4, 0.5) is 34.1 Å². The first-order valence-corrected chi connectivity index (χ1v) is 26.7. The Hall–Kier alpha value is -7.42. The highest BCUT2D eigenvalue weighted by molar-refractivity contribution is 5.87. The van der Waals surface area contributed by atoms with Gasteiger partial charge in [0.2, 0.25) is 0 Å². The zero-order valence-corrected chi connectivity index (χ0v) is 43.4. The third-order valence-electron chi connectivity index (χ3n) is 15.1. The molecule has 0 bridgehead atoms. The minimum absolute atomic E-state index is 0.435. The highest BCUT2D eigenvalue weighted by Gasteiger charge is 2.46. The Morgan fingerprint density at radius 1 is 0.306 bits per heavy atom. The molecule has 0 saturated heterocycles. The van der Waals surface area contributed by atoms with Gasteiger partial charge in [0.15, 0.2) is 0 Å². The molecule has 2 nitrogen and oxygen atoms in total. The molecule has 0 saturated carbocycles. The maximum Gasteiger partial charge on any atom is 0.0713 e. The van der Waals surface area contributed by atoms with E-state index in [0.29, 0.717) is 0 Å². The summed E-state index contributed by atoms with van der Waals surface area (Å²) < 4.78 is 0. The minimum Gasteiger partial charge on any atom is -0.311 e. The summed E-state index contributed by atoms with van der Waals surface area (Å²) in [5.41, 5.74) is 24.7. The van der Waals surface area contributed by atoms with Crippen LogP contribution in [0.3, 0.4) is 0 Å². The molecule has 0 unspecified atom stereocenters. The van der Waals surface area contributed by atoms with Gasteiger partial charge in [0.25, 0.3) is 0 Å². The Morgan fingerprint density at radius 3 is 0.917 bits per heavy atom. The molecule has 0 amide bonds. The summed E-state index contributed by atoms with van der Waals surface area (Å²) in [7, 11) is 0. The molecule has 0 N–H and O–H groups in total. The third-order valence-corrected chi connectivity index (χ3v) is 15.1. The summed E-state index contributed by atoms with van der Waals surface area (Å²) in [6.07, 6.45) is 10.5. The van der Waals surface area contributed by atoms with E-state index in [2.05, 4.69) is 258 Å². The fraction of sp³-hybridized carbons (Fsp3) is 0.229. The van der Waals surface area contributed by atoms with Crippen LogP contribution in [0.5, 0.6) is 0 Å². The van der Waals surface area contributed by atoms with Gasteiger partial charge >= 0.3 is 0 Å². The first kappa shape index (κ1) is 48.2. The molecule has 0 radical (unpaired) electrons. The third kappa shape index (κ3) is 9.68. The number of aryl methyl sites for hydroxylation is 6. The van der Waals surface area contributed by atoms with Crippen molar-refractivity contribution in [3.05, 3.63) is 262 Å². The van der Waals surface area contributed by atoms with E-state index in [-0.39, 0.29) is 0 Å². The average Bonchev–Trinajstić information content (AvgIpc) is 3.70. The Bertz CT molecular complexity index is 3110. The van der Waals surface area contributed by atoms with Gasteiger partial charge in [-0.05, 0) is 193 Å². The van der Waals surface area contributed by atoms with Crippen LogP contribution in [0.1, 0.15) is 115 Å². The zero-order valence-electron chi connectivity index (χ0n) is 43.4. The van der Waals surface area contributed by atoms with Gasteiger partial charge in [0, 0.05) is 34.1 Å². The fourth-order valence-electron chi connectivity index (χ4n) is 11.1. The first-order valence-electron chi connectivity index (χ1n) is 26.7. The van der Waals surface area contributed by atoms with Crippen LogP contribution in [-0.4, -0.2) is 0 Å². The summed E-state index contributed by atoms with van der Waals surface area (Å²) in [5.74, 6) is 0. The van der Waals surface area contributed by atoms with Crippen LogP contribution in [0.25, 0.3) is 22.3 Å². The molecule has 0 spiro atoms. The van der Waals surface area contributed by atoms with Crippen molar-refractivity contribution in [2.45, 2.75) is 105 Å². The van der Waals surface area contributed by atoms with Crippen LogP contribution in [0, 0.1) is 20.8 Å². The molecule has 0 fully saturated rings. The Balaban J connectivity index is 1.00. The van der Waals surface area contributed by atoms with Gasteiger partial charge in [-0.15, -0.1) is 0 Å². The Kier molecular flexibility index (Phi) is 14.4. The van der Waals surface area contributed by atoms with Crippen LogP contribution in [0.15, 0.2) is 206 Å². The molecule has 1 aliphatic carbocycles. The van der Waals surface area contributed by atoms with Gasteiger partial charge in [-0.2, -0.15) is 0 Å². The highest BCUT2D eigenvalue weighted by Crippen LogP contribution is 2.57. The molecular formula is C70H70N2. The van der Waals surface area contributed by atoms with E-state index in [0.717, 1.165) is 42.0 Å². The second-order valence-electron chi connectivity index (χ2n) is 20.3. The molecule has 1 aliphatic rings. The average molecular weight is 939 g/mol. The smallest absolute Gasteiger partial charge is 0.0713 e. The van der Waals surface area contributed by atoms with Crippen LogP contribution in [-0.2, 0) is 24.7 Å². The summed E-state index contributed by atoms with van der Waals surface area (Å²) in [4.78, 5) is 4.80. The maximum absolute atomic E-state index is 2.42. The summed E-state index contributed by atoms with van der Waals surface area (Å²) in [5, 5.41) is 0. The molecule has 72 heavy (non-hydrogen) atoms. The van der Waals surface area contributed by atoms with Crippen molar-refractivity contribution >= 4 is 34.1 Å². The molecule has 2 heteroatoms. The van der Waals surface area contributed by atoms with Gasteiger partial charge in [-0.1, -0.05) is 190 Å². The lowest BCUT2D eigenvalue weighted by molar-refractivity contribution is 0.766. The normalized spacial score (nSPS) is 12.4. The van der Waals surface area contributed by atoms with E-state index >= 15 is 0 Å². The lowest BCUT2D eigenvalue weighted by Crippen LogP contribution is -2.28. The number of hydrogen-bond acceptors (Lipinski definition) is 2. The van der Waals surface area contributed by atoms with Gasteiger partial charge in [0.1, 0.15) is 0 Å². The minimum atomic E-state index is -0.435. The molecule has 0 heterocycles. The summed E-state index contributed by atoms with van der Waals surface area (Å²) in [6, 6.07) is 78.6. The maximum atomic E-state index is 2.42. The van der Waals surface area contributed by atoms with Gasteiger partial charge in [-0.25, -0.2) is 0 Å². The number of benzene rings is 9. The monoisotopic (exact) mass is 939 g/mol. The van der Waals surface area contributed by atoms with E-state index in [4.69, 9.17) is 0 Å². The quantitative estimate of drug-likeness (QED) is 0.0846. The molecule has 10 rings (SSSR count). The zero-order chi connectivity index (χ0) is 49.6. The predicted molar refractivity (Wildman–Crippen MR) is 309 cm³/mol. The van der Waals surface area contributed by atoms with E-state index in [1.54, 1.807) is 0 Å². The van der Waals surface area contributed by atoms with Crippen LogP contribution in [0.2, 0.25) is 0 Å².